The first-order valence-corrected chi connectivity index (χ1v) is 7.32. The van der Waals surface area contributed by atoms with Crippen molar-refractivity contribution in [2.45, 2.75) is 25.9 Å². The SMILES string of the molecule is CC(Oc1ccccc1[N+](=O)[O-])C(=O)N1CCC(C(=O)O)CC1. The topological polar surface area (TPSA) is 110 Å². The van der Waals surface area contributed by atoms with Crippen LogP contribution >= 0.6 is 0 Å². The maximum Gasteiger partial charge on any atom is 0.310 e. The summed E-state index contributed by atoms with van der Waals surface area (Å²) in [6.45, 7) is 2.23. The van der Waals surface area contributed by atoms with Gasteiger partial charge in [-0.3, -0.25) is 19.7 Å². The highest BCUT2D eigenvalue weighted by atomic mass is 16.6. The molecule has 1 aromatic rings. The van der Waals surface area contributed by atoms with Gasteiger partial charge in [-0.25, -0.2) is 0 Å². The molecule has 1 saturated heterocycles. The van der Waals surface area contributed by atoms with Crippen molar-refractivity contribution in [3.05, 3.63) is 34.4 Å². The Kier molecular flexibility index (Phi) is 5.15. The lowest BCUT2D eigenvalue weighted by atomic mass is 9.97. The Morgan fingerprint density at radius 2 is 1.96 bits per heavy atom. The van der Waals surface area contributed by atoms with Crippen LogP contribution in [-0.2, 0) is 9.59 Å². The van der Waals surface area contributed by atoms with Crippen molar-refractivity contribution in [1.82, 2.24) is 4.90 Å². The zero-order chi connectivity index (χ0) is 17.0. The van der Waals surface area contributed by atoms with Crippen molar-refractivity contribution < 1.29 is 24.4 Å². The van der Waals surface area contributed by atoms with Gasteiger partial charge >= 0.3 is 11.7 Å². The number of nitro groups is 1. The second-order valence-electron chi connectivity index (χ2n) is 5.42. The van der Waals surface area contributed by atoms with Crippen LogP contribution in [0.2, 0.25) is 0 Å². The van der Waals surface area contributed by atoms with E-state index in [1.165, 1.54) is 25.1 Å². The smallest absolute Gasteiger partial charge is 0.310 e. The van der Waals surface area contributed by atoms with E-state index in [9.17, 15) is 19.7 Å². The Bertz CT molecular complexity index is 610. The number of carbonyl (C=O) groups is 2. The molecule has 8 heteroatoms. The van der Waals surface area contributed by atoms with Crippen LogP contribution in [0.5, 0.6) is 5.75 Å². The first-order valence-electron chi connectivity index (χ1n) is 7.32. The number of rotatable bonds is 5. The largest absolute Gasteiger partial charge is 0.481 e. The highest BCUT2D eigenvalue weighted by Gasteiger charge is 2.30. The predicted octanol–water partition coefficient (Wildman–Crippen LogP) is 1.69. The molecule has 1 N–H and O–H groups in total. The van der Waals surface area contributed by atoms with Gasteiger partial charge in [0.1, 0.15) is 0 Å². The van der Waals surface area contributed by atoms with Gasteiger partial charge in [0.2, 0.25) is 0 Å². The standard InChI is InChI=1S/C15H18N2O6/c1-10(23-13-5-3-2-4-12(13)17(21)22)14(18)16-8-6-11(7-9-16)15(19)20/h2-5,10-11H,6-9H2,1H3,(H,19,20). The number of benzene rings is 1. The number of piperidine rings is 1. The summed E-state index contributed by atoms with van der Waals surface area (Å²) in [6, 6.07) is 5.87. The van der Waals surface area contributed by atoms with Gasteiger partial charge in [0.05, 0.1) is 10.8 Å². The van der Waals surface area contributed by atoms with E-state index in [0.717, 1.165) is 0 Å². The average molecular weight is 322 g/mol. The van der Waals surface area contributed by atoms with E-state index >= 15 is 0 Å². The quantitative estimate of drug-likeness (QED) is 0.652. The molecule has 1 heterocycles. The maximum atomic E-state index is 12.3. The molecular weight excluding hydrogens is 304 g/mol. The third-order valence-corrected chi connectivity index (χ3v) is 3.87. The van der Waals surface area contributed by atoms with Crippen LogP contribution in [0.15, 0.2) is 24.3 Å². The number of likely N-dealkylation sites (tertiary alicyclic amines) is 1. The van der Waals surface area contributed by atoms with Gasteiger partial charge in [-0.2, -0.15) is 0 Å². The summed E-state index contributed by atoms with van der Waals surface area (Å²) in [4.78, 5) is 35.2. The number of carboxylic acids is 1. The molecule has 2 rings (SSSR count). The Labute approximate surface area is 132 Å². The third-order valence-electron chi connectivity index (χ3n) is 3.87. The minimum absolute atomic E-state index is 0.0405. The van der Waals surface area contributed by atoms with Gasteiger partial charge in [-0.05, 0) is 25.8 Å². The second kappa shape index (κ2) is 7.08. The molecule has 1 aliphatic rings. The molecule has 8 nitrogen and oxygen atoms in total. The van der Waals surface area contributed by atoms with Crippen LogP contribution in [0, 0.1) is 16.0 Å². The normalized spacial score (nSPS) is 16.7. The monoisotopic (exact) mass is 322 g/mol. The molecule has 0 spiro atoms. The first-order chi connectivity index (χ1) is 10.9. The van der Waals surface area contributed by atoms with E-state index in [0.29, 0.717) is 25.9 Å². The highest BCUT2D eigenvalue weighted by Crippen LogP contribution is 2.27. The van der Waals surface area contributed by atoms with Crippen LogP contribution in [0.4, 0.5) is 5.69 Å². The van der Waals surface area contributed by atoms with Gasteiger partial charge in [-0.15, -0.1) is 0 Å². The lowest BCUT2D eigenvalue weighted by molar-refractivity contribution is -0.386. The van der Waals surface area contributed by atoms with Gasteiger partial charge in [0.15, 0.2) is 11.9 Å². The third kappa shape index (κ3) is 3.97. The average Bonchev–Trinajstić information content (AvgIpc) is 2.54. The molecule has 1 aliphatic heterocycles. The minimum atomic E-state index is -0.877. The zero-order valence-electron chi connectivity index (χ0n) is 12.7. The predicted molar refractivity (Wildman–Crippen MR) is 80.1 cm³/mol. The molecule has 23 heavy (non-hydrogen) atoms. The Morgan fingerprint density at radius 1 is 1.35 bits per heavy atom. The van der Waals surface area contributed by atoms with Crippen LogP contribution in [0.25, 0.3) is 0 Å². The van der Waals surface area contributed by atoms with E-state index in [4.69, 9.17) is 9.84 Å². The molecule has 0 radical (unpaired) electrons. The summed E-state index contributed by atoms with van der Waals surface area (Å²) in [6.07, 6.45) is -0.0732. The number of nitrogens with zero attached hydrogens (tertiary/aromatic N) is 2. The van der Waals surface area contributed by atoms with E-state index in [-0.39, 0.29) is 17.3 Å². The molecule has 1 unspecified atom stereocenters. The number of carbonyl (C=O) groups excluding carboxylic acids is 1. The number of para-hydroxylation sites is 2. The summed E-state index contributed by atoms with van der Waals surface area (Å²) in [5, 5.41) is 19.9. The Hall–Kier alpha value is -2.64. The number of amides is 1. The Morgan fingerprint density at radius 3 is 2.52 bits per heavy atom. The molecule has 0 bridgehead atoms. The van der Waals surface area contributed by atoms with Crippen molar-refractivity contribution >= 4 is 17.6 Å². The van der Waals surface area contributed by atoms with Crippen LogP contribution in [-0.4, -0.2) is 46.0 Å². The fourth-order valence-corrected chi connectivity index (χ4v) is 2.55. The summed E-state index contributed by atoms with van der Waals surface area (Å²) < 4.78 is 5.45. The Balaban J connectivity index is 1.99. The van der Waals surface area contributed by atoms with Crippen molar-refractivity contribution in [2.24, 2.45) is 5.92 Å². The molecule has 0 aliphatic carbocycles. The first kappa shape index (κ1) is 16.7. The van der Waals surface area contributed by atoms with E-state index < -0.39 is 22.9 Å². The van der Waals surface area contributed by atoms with E-state index in [1.807, 2.05) is 0 Å². The summed E-state index contributed by atoms with van der Waals surface area (Å²) in [5.41, 5.74) is -0.197. The van der Waals surface area contributed by atoms with Crippen molar-refractivity contribution in [3.63, 3.8) is 0 Å². The summed E-state index contributed by atoms with van der Waals surface area (Å²) in [7, 11) is 0. The fourth-order valence-electron chi connectivity index (χ4n) is 2.55. The minimum Gasteiger partial charge on any atom is -0.481 e. The fraction of sp³-hybridized carbons (Fsp3) is 0.467. The molecule has 0 aromatic heterocycles. The lowest BCUT2D eigenvalue weighted by Crippen LogP contribution is -2.45. The molecule has 1 fully saturated rings. The molecular formula is C15H18N2O6. The van der Waals surface area contributed by atoms with Crippen LogP contribution < -0.4 is 4.74 Å². The molecule has 124 valence electrons. The summed E-state index contributed by atoms with van der Waals surface area (Å²) >= 11 is 0. The van der Waals surface area contributed by atoms with Crippen molar-refractivity contribution in [1.29, 1.82) is 0 Å². The number of aliphatic carboxylic acids is 1. The molecule has 1 aromatic carbocycles. The van der Waals surface area contributed by atoms with Gasteiger partial charge < -0.3 is 14.7 Å². The second-order valence-corrected chi connectivity index (χ2v) is 5.42. The maximum absolute atomic E-state index is 12.3. The van der Waals surface area contributed by atoms with Gasteiger partial charge in [-0.1, -0.05) is 12.1 Å². The number of hydrogen-bond acceptors (Lipinski definition) is 5. The number of carboxylic acid groups (broad SMARTS) is 1. The van der Waals surface area contributed by atoms with Gasteiger partial charge in [0, 0.05) is 19.2 Å². The highest BCUT2D eigenvalue weighted by molar-refractivity contribution is 5.81. The number of hydrogen-bond donors (Lipinski definition) is 1. The van der Waals surface area contributed by atoms with Gasteiger partial charge in [0.25, 0.3) is 5.91 Å². The number of ether oxygens (including phenoxy) is 1. The summed E-state index contributed by atoms with van der Waals surface area (Å²) in [5.74, 6) is -1.53. The van der Waals surface area contributed by atoms with E-state index in [1.54, 1.807) is 11.0 Å². The van der Waals surface area contributed by atoms with Crippen LogP contribution in [0.1, 0.15) is 19.8 Å². The van der Waals surface area contributed by atoms with Crippen molar-refractivity contribution in [2.75, 3.05) is 13.1 Å². The van der Waals surface area contributed by atoms with Crippen molar-refractivity contribution in [3.8, 4) is 5.75 Å². The zero-order valence-corrected chi connectivity index (χ0v) is 12.7. The molecule has 1 amide bonds. The van der Waals surface area contributed by atoms with E-state index in [2.05, 4.69) is 0 Å². The molecule has 0 saturated carbocycles. The number of nitro benzene ring substituents is 1. The lowest BCUT2D eigenvalue weighted by Gasteiger charge is -2.31. The molecule has 1 atom stereocenters. The van der Waals surface area contributed by atoms with Crippen LogP contribution in [0.3, 0.4) is 0 Å².